The maximum Gasteiger partial charge on any atom is 0.338 e. The van der Waals surface area contributed by atoms with E-state index >= 15 is 0 Å². The molecule has 0 N–H and O–H groups in total. The van der Waals surface area contributed by atoms with Crippen LogP contribution in [0.25, 0.3) is 0 Å². The van der Waals surface area contributed by atoms with Crippen LogP contribution in [0.2, 0.25) is 0 Å². The molecule has 0 aromatic heterocycles. The Hall–Kier alpha value is -1.97. The number of benzene rings is 1. The minimum atomic E-state index is -3.66. The molecule has 0 aliphatic carbocycles. The number of hydrogen-bond donors (Lipinski definition) is 0. The number of carbonyl (C=O) groups is 2. The van der Waals surface area contributed by atoms with Crippen LogP contribution < -0.4 is 0 Å². The van der Waals surface area contributed by atoms with Crippen molar-refractivity contribution < 1.29 is 27.5 Å². The van der Waals surface area contributed by atoms with Gasteiger partial charge >= 0.3 is 5.97 Å². The van der Waals surface area contributed by atoms with E-state index in [1.165, 1.54) is 45.3 Å². The Labute approximate surface area is 147 Å². The number of esters is 1. The second-order valence-electron chi connectivity index (χ2n) is 5.80. The maximum atomic E-state index is 12.3. The summed E-state index contributed by atoms with van der Waals surface area (Å²) in [6.07, 6.45) is -0.959. The molecule has 0 saturated carbocycles. The van der Waals surface area contributed by atoms with Gasteiger partial charge in [0.1, 0.15) is 0 Å². The molecule has 1 unspecified atom stereocenters. The molecule has 1 saturated heterocycles. The Morgan fingerprint density at radius 3 is 2.48 bits per heavy atom. The van der Waals surface area contributed by atoms with E-state index in [2.05, 4.69) is 0 Å². The molecule has 0 spiro atoms. The smallest absolute Gasteiger partial charge is 0.338 e. The van der Waals surface area contributed by atoms with Crippen molar-refractivity contribution in [2.45, 2.75) is 17.9 Å². The van der Waals surface area contributed by atoms with Crippen molar-refractivity contribution in [3.05, 3.63) is 29.8 Å². The van der Waals surface area contributed by atoms with Gasteiger partial charge in [-0.15, -0.1) is 0 Å². The Morgan fingerprint density at radius 2 is 1.88 bits per heavy atom. The first-order valence-corrected chi connectivity index (χ1v) is 9.27. The zero-order valence-corrected chi connectivity index (χ0v) is 15.3. The van der Waals surface area contributed by atoms with Crippen LogP contribution in [0.3, 0.4) is 0 Å². The molecule has 138 valence electrons. The lowest BCUT2D eigenvalue weighted by Gasteiger charge is -2.28. The van der Waals surface area contributed by atoms with Crippen molar-refractivity contribution in [3.63, 3.8) is 0 Å². The summed E-state index contributed by atoms with van der Waals surface area (Å²) in [5.74, 6) is -1.04. The molecule has 25 heavy (non-hydrogen) atoms. The summed E-state index contributed by atoms with van der Waals surface area (Å²) in [4.78, 5) is 26.1. The Morgan fingerprint density at radius 1 is 1.24 bits per heavy atom. The van der Waals surface area contributed by atoms with Gasteiger partial charge in [0.15, 0.2) is 6.10 Å². The number of hydrogen-bond acceptors (Lipinski definition) is 6. The molecular weight excluding hydrogens is 348 g/mol. The summed E-state index contributed by atoms with van der Waals surface area (Å²) in [7, 11) is -0.846. The quantitative estimate of drug-likeness (QED) is 0.694. The van der Waals surface area contributed by atoms with Crippen molar-refractivity contribution in [2.75, 3.05) is 40.4 Å². The van der Waals surface area contributed by atoms with E-state index in [0.29, 0.717) is 26.3 Å². The first-order chi connectivity index (χ1) is 11.7. The van der Waals surface area contributed by atoms with Crippen LogP contribution >= 0.6 is 0 Å². The molecule has 1 amide bonds. The van der Waals surface area contributed by atoms with Gasteiger partial charge in [-0.1, -0.05) is 6.07 Å². The van der Waals surface area contributed by atoms with Crippen molar-refractivity contribution in [2.24, 2.45) is 0 Å². The summed E-state index contributed by atoms with van der Waals surface area (Å²) in [6, 6.07) is 5.54. The number of amides is 1. The number of carbonyl (C=O) groups excluding carboxylic acids is 2. The highest BCUT2D eigenvalue weighted by atomic mass is 32.2. The Balaban J connectivity index is 2.09. The van der Waals surface area contributed by atoms with E-state index in [1.54, 1.807) is 4.90 Å². The monoisotopic (exact) mass is 370 g/mol. The van der Waals surface area contributed by atoms with Gasteiger partial charge in [0, 0.05) is 27.2 Å². The fraction of sp³-hybridized carbons (Fsp3) is 0.500. The number of ether oxygens (including phenoxy) is 2. The van der Waals surface area contributed by atoms with Gasteiger partial charge < -0.3 is 14.4 Å². The predicted molar refractivity (Wildman–Crippen MR) is 89.6 cm³/mol. The molecular formula is C16H22N2O6S. The SMILES string of the molecule is CC(OC(=O)c1cccc(S(=O)(=O)N(C)C)c1)C(=O)N1CCOCC1. The highest BCUT2D eigenvalue weighted by Gasteiger charge is 2.26. The molecule has 1 aliphatic rings. The highest BCUT2D eigenvalue weighted by molar-refractivity contribution is 7.89. The Bertz CT molecular complexity index is 741. The van der Waals surface area contributed by atoms with Crippen LogP contribution in [-0.2, 0) is 24.3 Å². The summed E-state index contributed by atoms with van der Waals surface area (Å²) >= 11 is 0. The first kappa shape index (κ1) is 19.4. The van der Waals surface area contributed by atoms with E-state index in [9.17, 15) is 18.0 Å². The van der Waals surface area contributed by atoms with Crippen molar-refractivity contribution in [3.8, 4) is 0 Å². The van der Waals surface area contributed by atoms with Gasteiger partial charge in [0.05, 0.1) is 23.7 Å². The second kappa shape index (κ2) is 7.94. The third kappa shape index (κ3) is 4.56. The van der Waals surface area contributed by atoms with E-state index < -0.39 is 22.1 Å². The van der Waals surface area contributed by atoms with Crippen LogP contribution in [0.1, 0.15) is 17.3 Å². The van der Waals surface area contributed by atoms with Gasteiger partial charge in [-0.3, -0.25) is 4.79 Å². The zero-order chi connectivity index (χ0) is 18.6. The van der Waals surface area contributed by atoms with E-state index in [0.717, 1.165) is 4.31 Å². The largest absolute Gasteiger partial charge is 0.449 e. The number of nitrogens with zero attached hydrogens (tertiary/aromatic N) is 2. The summed E-state index contributed by atoms with van der Waals surface area (Å²) in [6.45, 7) is 3.32. The average molecular weight is 370 g/mol. The molecule has 1 atom stereocenters. The van der Waals surface area contributed by atoms with Crippen molar-refractivity contribution in [1.29, 1.82) is 0 Å². The topological polar surface area (TPSA) is 93.2 Å². The van der Waals surface area contributed by atoms with Gasteiger partial charge in [-0.25, -0.2) is 17.5 Å². The van der Waals surface area contributed by atoms with Gasteiger partial charge in [-0.2, -0.15) is 0 Å². The minimum absolute atomic E-state index is 0.0147. The van der Waals surface area contributed by atoms with Crippen LogP contribution in [0.4, 0.5) is 0 Å². The van der Waals surface area contributed by atoms with Crippen LogP contribution in [0, 0.1) is 0 Å². The van der Waals surface area contributed by atoms with Crippen LogP contribution in [0.15, 0.2) is 29.2 Å². The van der Waals surface area contributed by atoms with Crippen molar-refractivity contribution in [1.82, 2.24) is 9.21 Å². The average Bonchev–Trinajstić information content (AvgIpc) is 2.61. The second-order valence-corrected chi connectivity index (χ2v) is 7.95. The third-order valence-corrected chi connectivity index (χ3v) is 5.61. The molecule has 8 nitrogen and oxygen atoms in total. The first-order valence-electron chi connectivity index (χ1n) is 7.83. The highest BCUT2D eigenvalue weighted by Crippen LogP contribution is 2.16. The lowest BCUT2D eigenvalue weighted by atomic mass is 10.2. The maximum absolute atomic E-state index is 12.3. The number of rotatable bonds is 5. The third-order valence-electron chi connectivity index (χ3n) is 3.80. The molecule has 1 aromatic carbocycles. The molecule has 1 aromatic rings. The van der Waals surface area contributed by atoms with Gasteiger partial charge in [0.2, 0.25) is 10.0 Å². The lowest BCUT2D eigenvalue weighted by Crippen LogP contribution is -2.46. The van der Waals surface area contributed by atoms with Gasteiger partial charge in [-0.05, 0) is 25.1 Å². The fourth-order valence-electron chi connectivity index (χ4n) is 2.31. The summed E-state index contributed by atoms with van der Waals surface area (Å²) < 4.78 is 35.7. The lowest BCUT2D eigenvalue weighted by molar-refractivity contribution is -0.143. The zero-order valence-electron chi connectivity index (χ0n) is 14.5. The standard InChI is InChI=1S/C16H22N2O6S/c1-12(15(19)18-7-9-23-10-8-18)24-16(20)13-5-4-6-14(11-13)25(21,22)17(2)3/h4-6,11-12H,7-10H2,1-3H3. The molecule has 0 radical (unpaired) electrons. The predicted octanol–water partition coefficient (Wildman–Crippen LogP) is 0.341. The molecule has 1 heterocycles. The number of morpholine rings is 1. The van der Waals surface area contributed by atoms with Crippen LogP contribution in [-0.4, -0.2) is 76.0 Å². The molecule has 0 bridgehead atoms. The van der Waals surface area contributed by atoms with E-state index in [-0.39, 0.29) is 16.4 Å². The molecule has 1 fully saturated rings. The summed E-state index contributed by atoms with van der Waals surface area (Å²) in [5, 5.41) is 0. The van der Waals surface area contributed by atoms with Gasteiger partial charge in [0.25, 0.3) is 5.91 Å². The van der Waals surface area contributed by atoms with Crippen LogP contribution in [0.5, 0.6) is 0 Å². The fourth-order valence-corrected chi connectivity index (χ4v) is 3.26. The summed E-state index contributed by atoms with van der Waals surface area (Å²) in [5.41, 5.74) is 0.0737. The van der Waals surface area contributed by atoms with Crippen molar-refractivity contribution >= 4 is 21.9 Å². The van der Waals surface area contributed by atoms with E-state index in [4.69, 9.17) is 9.47 Å². The minimum Gasteiger partial charge on any atom is -0.449 e. The molecule has 9 heteroatoms. The Kier molecular flexibility index (Phi) is 6.15. The number of sulfonamides is 1. The molecule has 1 aliphatic heterocycles. The van der Waals surface area contributed by atoms with E-state index in [1.807, 2.05) is 0 Å². The normalized spacial score (nSPS) is 16.6. The molecule has 2 rings (SSSR count).